The molecule has 0 unspecified atom stereocenters. The maximum Gasteiger partial charge on any atom is 0.159 e. The second-order valence-electron chi connectivity index (χ2n) is 6.13. The van der Waals surface area contributed by atoms with Crippen molar-refractivity contribution in [2.75, 3.05) is 26.2 Å². The Kier molecular flexibility index (Phi) is 3.42. The highest BCUT2D eigenvalue weighted by Crippen LogP contribution is 2.35. The molecule has 0 aliphatic carbocycles. The highest BCUT2D eigenvalue weighted by atomic mass is 16.1. The van der Waals surface area contributed by atoms with Gasteiger partial charge in [-0.2, -0.15) is 0 Å². The summed E-state index contributed by atoms with van der Waals surface area (Å²) >= 11 is 0. The number of Topliss-reactive ketones (excluding diaryl/α,β-unsaturated/α-hetero) is 1. The molecule has 0 bridgehead atoms. The van der Waals surface area contributed by atoms with Crippen molar-refractivity contribution in [3.8, 4) is 0 Å². The van der Waals surface area contributed by atoms with Crippen LogP contribution in [0.2, 0.25) is 0 Å². The largest absolute Gasteiger partial charge is 0.316 e. The van der Waals surface area contributed by atoms with Crippen LogP contribution in [0.1, 0.15) is 35.7 Å². The van der Waals surface area contributed by atoms with Gasteiger partial charge in [-0.3, -0.25) is 9.69 Å². The summed E-state index contributed by atoms with van der Waals surface area (Å²) in [6, 6.07) is 8.07. The Morgan fingerprint density at radius 3 is 2.32 bits per heavy atom. The molecular formula is C16H22N2O. The van der Waals surface area contributed by atoms with Crippen molar-refractivity contribution < 1.29 is 4.79 Å². The third kappa shape index (κ3) is 2.72. The van der Waals surface area contributed by atoms with Crippen LogP contribution in [0, 0.1) is 5.41 Å². The van der Waals surface area contributed by atoms with Gasteiger partial charge >= 0.3 is 0 Å². The topological polar surface area (TPSA) is 32.3 Å². The number of ketones is 1. The third-order valence-electron chi connectivity index (χ3n) is 4.68. The third-order valence-corrected chi connectivity index (χ3v) is 4.68. The monoisotopic (exact) mass is 258 g/mol. The molecule has 3 heteroatoms. The lowest BCUT2D eigenvalue weighted by molar-refractivity contribution is 0.0520. The molecule has 19 heavy (non-hydrogen) atoms. The van der Waals surface area contributed by atoms with E-state index in [9.17, 15) is 4.79 Å². The van der Waals surface area contributed by atoms with Crippen molar-refractivity contribution in [3.05, 3.63) is 35.4 Å². The van der Waals surface area contributed by atoms with Crippen LogP contribution in [-0.2, 0) is 6.54 Å². The lowest BCUT2D eigenvalue weighted by Crippen LogP contribution is -2.58. The standard InChI is InChI=1S/C16H22N2O/c1-13(19)15-4-2-14(3-5-15)10-18-8-6-16(7-9-18)11-17-12-16/h2-5,17H,6-12H2,1H3. The van der Waals surface area contributed by atoms with Gasteiger partial charge in [0.2, 0.25) is 0 Å². The molecule has 1 aromatic carbocycles. The smallest absolute Gasteiger partial charge is 0.159 e. The van der Waals surface area contributed by atoms with Gasteiger partial charge in [-0.1, -0.05) is 24.3 Å². The van der Waals surface area contributed by atoms with E-state index in [2.05, 4.69) is 22.3 Å². The molecule has 3 rings (SSSR count). The van der Waals surface area contributed by atoms with Crippen LogP contribution in [0.3, 0.4) is 0 Å². The highest BCUT2D eigenvalue weighted by Gasteiger charge is 2.39. The fourth-order valence-electron chi connectivity index (χ4n) is 3.12. The number of nitrogens with one attached hydrogen (secondary N) is 1. The second kappa shape index (κ2) is 5.06. The van der Waals surface area contributed by atoms with E-state index in [0.717, 1.165) is 12.1 Å². The molecular weight excluding hydrogens is 236 g/mol. The van der Waals surface area contributed by atoms with Crippen LogP contribution in [0.5, 0.6) is 0 Å². The highest BCUT2D eigenvalue weighted by molar-refractivity contribution is 5.93. The fourth-order valence-corrected chi connectivity index (χ4v) is 3.12. The second-order valence-corrected chi connectivity index (χ2v) is 6.13. The van der Waals surface area contributed by atoms with Crippen molar-refractivity contribution in [2.45, 2.75) is 26.3 Å². The number of piperidine rings is 1. The van der Waals surface area contributed by atoms with E-state index in [1.54, 1.807) is 6.92 Å². The lowest BCUT2D eigenvalue weighted by Gasteiger charge is -2.48. The van der Waals surface area contributed by atoms with Crippen LogP contribution in [0.15, 0.2) is 24.3 Å². The molecule has 0 atom stereocenters. The van der Waals surface area contributed by atoms with Crippen LogP contribution >= 0.6 is 0 Å². The summed E-state index contributed by atoms with van der Waals surface area (Å²) in [5, 5.41) is 3.40. The van der Waals surface area contributed by atoms with Gasteiger partial charge in [0.05, 0.1) is 0 Å². The van der Waals surface area contributed by atoms with Gasteiger partial charge in [-0.25, -0.2) is 0 Å². The zero-order chi connectivity index (χ0) is 13.3. The molecule has 1 aromatic rings. The minimum atomic E-state index is 0.143. The average Bonchev–Trinajstić information content (AvgIpc) is 2.38. The SMILES string of the molecule is CC(=O)c1ccc(CN2CCC3(CC2)CNC3)cc1. The number of nitrogens with zero attached hydrogens (tertiary/aromatic N) is 1. The quantitative estimate of drug-likeness (QED) is 0.842. The van der Waals surface area contributed by atoms with Crippen molar-refractivity contribution in [2.24, 2.45) is 5.41 Å². The summed E-state index contributed by atoms with van der Waals surface area (Å²) in [6.07, 6.45) is 2.65. The van der Waals surface area contributed by atoms with E-state index in [4.69, 9.17) is 0 Å². The van der Waals surface area contributed by atoms with E-state index in [-0.39, 0.29) is 5.78 Å². The van der Waals surface area contributed by atoms with Gasteiger partial charge < -0.3 is 5.32 Å². The van der Waals surface area contributed by atoms with Gasteiger partial charge in [0.1, 0.15) is 0 Å². The summed E-state index contributed by atoms with van der Waals surface area (Å²) in [7, 11) is 0. The van der Waals surface area contributed by atoms with Crippen LogP contribution in [-0.4, -0.2) is 36.9 Å². The maximum atomic E-state index is 11.2. The number of hydrogen-bond acceptors (Lipinski definition) is 3. The molecule has 2 fully saturated rings. The van der Waals surface area contributed by atoms with E-state index in [0.29, 0.717) is 5.41 Å². The summed E-state index contributed by atoms with van der Waals surface area (Å²) in [6.45, 7) is 7.47. The Hall–Kier alpha value is -1.19. The molecule has 1 N–H and O–H groups in total. The van der Waals surface area contributed by atoms with Gasteiger partial charge in [-0.15, -0.1) is 0 Å². The average molecular weight is 258 g/mol. The Morgan fingerprint density at radius 1 is 1.21 bits per heavy atom. The summed E-state index contributed by atoms with van der Waals surface area (Å²) < 4.78 is 0. The van der Waals surface area contributed by atoms with Gasteiger partial charge in [0.25, 0.3) is 0 Å². The predicted molar refractivity (Wildman–Crippen MR) is 76.3 cm³/mol. The zero-order valence-corrected chi connectivity index (χ0v) is 11.6. The normalized spacial score (nSPS) is 22.2. The zero-order valence-electron chi connectivity index (χ0n) is 11.6. The molecule has 0 radical (unpaired) electrons. The first-order chi connectivity index (χ1) is 9.17. The molecule has 1 spiro atoms. The molecule has 2 saturated heterocycles. The van der Waals surface area contributed by atoms with E-state index >= 15 is 0 Å². The minimum Gasteiger partial charge on any atom is -0.316 e. The van der Waals surface area contributed by atoms with E-state index in [1.165, 1.54) is 44.6 Å². The minimum absolute atomic E-state index is 0.143. The lowest BCUT2D eigenvalue weighted by atomic mass is 9.73. The molecule has 102 valence electrons. The summed E-state index contributed by atoms with van der Waals surface area (Å²) in [5.74, 6) is 0.143. The Balaban J connectivity index is 1.55. The van der Waals surface area contributed by atoms with Crippen LogP contribution in [0.4, 0.5) is 0 Å². The van der Waals surface area contributed by atoms with Crippen LogP contribution < -0.4 is 5.32 Å². The van der Waals surface area contributed by atoms with E-state index in [1.807, 2.05) is 12.1 Å². The maximum absolute atomic E-state index is 11.2. The first-order valence-electron chi connectivity index (χ1n) is 7.20. The van der Waals surface area contributed by atoms with Crippen molar-refractivity contribution in [1.29, 1.82) is 0 Å². The molecule has 2 aliphatic heterocycles. The predicted octanol–water partition coefficient (Wildman–Crippen LogP) is 2.07. The van der Waals surface area contributed by atoms with Crippen LogP contribution in [0.25, 0.3) is 0 Å². The number of carbonyl (C=O) groups is 1. The molecule has 0 amide bonds. The van der Waals surface area contributed by atoms with Gasteiger partial charge in [0.15, 0.2) is 5.78 Å². The molecule has 0 aromatic heterocycles. The summed E-state index contributed by atoms with van der Waals surface area (Å²) in [4.78, 5) is 13.8. The Labute approximate surface area is 115 Å². The molecule has 2 heterocycles. The number of benzene rings is 1. The van der Waals surface area contributed by atoms with Crippen molar-refractivity contribution >= 4 is 5.78 Å². The Bertz CT molecular complexity index is 452. The Morgan fingerprint density at radius 2 is 1.84 bits per heavy atom. The number of likely N-dealkylation sites (tertiary alicyclic amines) is 1. The van der Waals surface area contributed by atoms with E-state index < -0.39 is 0 Å². The van der Waals surface area contributed by atoms with Gasteiger partial charge in [-0.05, 0) is 43.8 Å². The molecule has 0 saturated carbocycles. The fraction of sp³-hybridized carbons (Fsp3) is 0.562. The van der Waals surface area contributed by atoms with Crippen molar-refractivity contribution in [3.63, 3.8) is 0 Å². The van der Waals surface area contributed by atoms with Crippen molar-refractivity contribution in [1.82, 2.24) is 10.2 Å². The number of carbonyl (C=O) groups excluding carboxylic acids is 1. The summed E-state index contributed by atoms with van der Waals surface area (Å²) in [5.41, 5.74) is 2.74. The number of rotatable bonds is 3. The first kappa shape index (κ1) is 12.8. The molecule has 2 aliphatic rings. The first-order valence-corrected chi connectivity index (χ1v) is 7.20. The van der Waals surface area contributed by atoms with Gasteiger partial charge in [0, 0.05) is 25.2 Å². The number of hydrogen-bond donors (Lipinski definition) is 1. The molecule has 3 nitrogen and oxygen atoms in total.